The number of nitrogens with one attached hydrogen (secondary N) is 1. The van der Waals surface area contributed by atoms with Gasteiger partial charge in [0.25, 0.3) is 0 Å². The lowest BCUT2D eigenvalue weighted by atomic mass is 10.1. The highest BCUT2D eigenvalue weighted by molar-refractivity contribution is 5.47. The standard InChI is InChI=1S/C14H20F3NO/c1-3-4-5-6-10(2)18-11-7-8-13(12(15)9-11)19-14(16)17/h7-10,14,18H,3-6H2,1-2H3. The molecule has 2 nitrogen and oxygen atoms in total. The van der Waals surface area contributed by atoms with Gasteiger partial charge in [-0.05, 0) is 25.5 Å². The molecule has 0 radical (unpaired) electrons. The van der Waals surface area contributed by atoms with E-state index in [4.69, 9.17) is 0 Å². The van der Waals surface area contributed by atoms with Gasteiger partial charge in [-0.2, -0.15) is 8.78 Å². The number of anilines is 1. The van der Waals surface area contributed by atoms with Crippen molar-refractivity contribution in [1.29, 1.82) is 0 Å². The van der Waals surface area contributed by atoms with E-state index < -0.39 is 18.2 Å². The Bertz CT molecular complexity index is 385. The van der Waals surface area contributed by atoms with E-state index in [-0.39, 0.29) is 6.04 Å². The minimum atomic E-state index is -3.01. The van der Waals surface area contributed by atoms with Crippen molar-refractivity contribution in [2.24, 2.45) is 0 Å². The van der Waals surface area contributed by atoms with Crippen LogP contribution in [0.25, 0.3) is 0 Å². The molecule has 0 aliphatic rings. The Morgan fingerprint density at radius 2 is 2.00 bits per heavy atom. The van der Waals surface area contributed by atoms with Crippen molar-refractivity contribution in [2.45, 2.75) is 52.2 Å². The van der Waals surface area contributed by atoms with Crippen molar-refractivity contribution in [3.05, 3.63) is 24.0 Å². The van der Waals surface area contributed by atoms with Crippen LogP contribution >= 0.6 is 0 Å². The molecule has 0 fully saturated rings. The fraction of sp³-hybridized carbons (Fsp3) is 0.571. The lowest BCUT2D eigenvalue weighted by Crippen LogP contribution is -2.15. The van der Waals surface area contributed by atoms with Crippen molar-refractivity contribution >= 4 is 5.69 Å². The molecule has 0 aliphatic carbocycles. The average molecular weight is 275 g/mol. The molecule has 1 rings (SSSR count). The van der Waals surface area contributed by atoms with Gasteiger partial charge < -0.3 is 10.1 Å². The zero-order chi connectivity index (χ0) is 14.3. The summed E-state index contributed by atoms with van der Waals surface area (Å²) in [5.41, 5.74) is 0.572. The number of rotatable bonds is 8. The number of halogens is 3. The molecule has 1 atom stereocenters. The largest absolute Gasteiger partial charge is 0.432 e. The maximum atomic E-state index is 13.5. The maximum absolute atomic E-state index is 13.5. The van der Waals surface area contributed by atoms with Gasteiger partial charge in [-0.15, -0.1) is 0 Å². The van der Waals surface area contributed by atoms with Crippen molar-refractivity contribution in [3.8, 4) is 5.75 Å². The van der Waals surface area contributed by atoms with Crippen molar-refractivity contribution < 1.29 is 17.9 Å². The van der Waals surface area contributed by atoms with E-state index in [1.165, 1.54) is 24.6 Å². The number of ether oxygens (including phenoxy) is 1. The average Bonchev–Trinajstić information content (AvgIpc) is 2.32. The molecule has 1 N–H and O–H groups in total. The summed E-state index contributed by atoms with van der Waals surface area (Å²) in [5.74, 6) is -1.22. The summed E-state index contributed by atoms with van der Waals surface area (Å²) in [5, 5.41) is 3.14. The summed E-state index contributed by atoms with van der Waals surface area (Å²) in [6.07, 6.45) is 4.42. The van der Waals surface area contributed by atoms with Gasteiger partial charge in [0, 0.05) is 17.8 Å². The van der Waals surface area contributed by atoms with Gasteiger partial charge in [0.05, 0.1) is 0 Å². The van der Waals surface area contributed by atoms with Crippen LogP contribution in [0.3, 0.4) is 0 Å². The Labute approximate surface area is 112 Å². The van der Waals surface area contributed by atoms with Crippen LogP contribution in [0.1, 0.15) is 39.5 Å². The van der Waals surface area contributed by atoms with E-state index in [9.17, 15) is 13.2 Å². The third-order valence-corrected chi connectivity index (χ3v) is 2.80. The molecule has 1 aromatic rings. The minimum absolute atomic E-state index is 0.216. The molecule has 0 spiro atoms. The van der Waals surface area contributed by atoms with Gasteiger partial charge in [-0.1, -0.05) is 26.2 Å². The number of alkyl halides is 2. The highest BCUT2D eigenvalue weighted by Gasteiger charge is 2.11. The van der Waals surface area contributed by atoms with E-state index in [0.29, 0.717) is 5.69 Å². The fourth-order valence-electron chi connectivity index (χ4n) is 1.84. The van der Waals surface area contributed by atoms with Crippen LogP contribution in [0, 0.1) is 5.82 Å². The van der Waals surface area contributed by atoms with Crippen LogP contribution in [0.4, 0.5) is 18.9 Å². The van der Waals surface area contributed by atoms with Crippen LogP contribution in [0.15, 0.2) is 18.2 Å². The molecule has 0 heterocycles. The molecule has 0 aliphatic heterocycles. The lowest BCUT2D eigenvalue weighted by molar-refractivity contribution is -0.0521. The molecule has 0 amide bonds. The van der Waals surface area contributed by atoms with Gasteiger partial charge in [0.1, 0.15) is 0 Å². The Balaban J connectivity index is 2.53. The molecule has 1 unspecified atom stereocenters. The zero-order valence-corrected chi connectivity index (χ0v) is 11.3. The lowest BCUT2D eigenvalue weighted by Gasteiger charge is -2.15. The number of hydrogen-bond donors (Lipinski definition) is 1. The second-order valence-electron chi connectivity index (χ2n) is 4.56. The predicted octanol–water partition coefficient (Wildman–Crippen LogP) is 4.81. The summed E-state index contributed by atoms with van der Waals surface area (Å²) in [6, 6.07) is 4.14. The van der Waals surface area contributed by atoms with Crippen LogP contribution in [-0.4, -0.2) is 12.7 Å². The van der Waals surface area contributed by atoms with Gasteiger partial charge in [0.2, 0.25) is 0 Å². The smallest absolute Gasteiger partial charge is 0.387 e. The third-order valence-electron chi connectivity index (χ3n) is 2.80. The highest BCUT2D eigenvalue weighted by Crippen LogP contribution is 2.23. The Morgan fingerprint density at radius 1 is 1.26 bits per heavy atom. The van der Waals surface area contributed by atoms with Crippen LogP contribution < -0.4 is 10.1 Å². The molecule has 0 bridgehead atoms. The van der Waals surface area contributed by atoms with Crippen LogP contribution in [0.5, 0.6) is 5.75 Å². The first-order valence-electron chi connectivity index (χ1n) is 6.53. The number of hydrogen-bond acceptors (Lipinski definition) is 2. The Kier molecular flexibility index (Phi) is 6.53. The molecule has 0 saturated heterocycles. The van der Waals surface area contributed by atoms with E-state index >= 15 is 0 Å². The molecule has 108 valence electrons. The molecule has 0 aromatic heterocycles. The monoisotopic (exact) mass is 275 g/mol. The second kappa shape index (κ2) is 7.92. The summed E-state index contributed by atoms with van der Waals surface area (Å²) in [6.45, 7) is 1.13. The number of unbranched alkanes of at least 4 members (excludes halogenated alkanes) is 2. The van der Waals surface area contributed by atoms with Crippen LogP contribution in [0.2, 0.25) is 0 Å². The van der Waals surface area contributed by atoms with Gasteiger partial charge in [0.15, 0.2) is 11.6 Å². The molecular formula is C14H20F3NO. The second-order valence-corrected chi connectivity index (χ2v) is 4.56. The summed E-state index contributed by atoms with van der Waals surface area (Å²) >= 11 is 0. The van der Waals surface area contributed by atoms with Crippen LogP contribution in [-0.2, 0) is 0 Å². The van der Waals surface area contributed by atoms with Crippen molar-refractivity contribution in [3.63, 3.8) is 0 Å². The summed E-state index contributed by atoms with van der Waals surface area (Å²) in [7, 11) is 0. The van der Waals surface area contributed by atoms with Crippen molar-refractivity contribution in [2.75, 3.05) is 5.32 Å². The zero-order valence-electron chi connectivity index (χ0n) is 11.3. The molecule has 0 saturated carbocycles. The Morgan fingerprint density at radius 3 is 2.58 bits per heavy atom. The van der Waals surface area contributed by atoms with Crippen molar-refractivity contribution in [1.82, 2.24) is 0 Å². The predicted molar refractivity (Wildman–Crippen MR) is 70.3 cm³/mol. The topological polar surface area (TPSA) is 21.3 Å². The van der Waals surface area contributed by atoms with Gasteiger partial charge in [-0.3, -0.25) is 0 Å². The first kappa shape index (κ1) is 15.7. The molecule has 5 heteroatoms. The summed E-state index contributed by atoms with van der Waals surface area (Å²) < 4.78 is 41.5. The Hall–Kier alpha value is -1.39. The van der Waals surface area contributed by atoms with E-state index in [0.717, 1.165) is 19.3 Å². The molecule has 1 aromatic carbocycles. The quantitative estimate of drug-likeness (QED) is 0.687. The number of benzene rings is 1. The van der Waals surface area contributed by atoms with Gasteiger partial charge in [-0.25, -0.2) is 4.39 Å². The first-order valence-corrected chi connectivity index (χ1v) is 6.53. The fourth-order valence-corrected chi connectivity index (χ4v) is 1.84. The maximum Gasteiger partial charge on any atom is 0.387 e. The summed E-state index contributed by atoms with van der Waals surface area (Å²) in [4.78, 5) is 0. The molecule has 19 heavy (non-hydrogen) atoms. The highest BCUT2D eigenvalue weighted by atomic mass is 19.3. The van der Waals surface area contributed by atoms with E-state index in [2.05, 4.69) is 17.0 Å². The SMILES string of the molecule is CCCCCC(C)Nc1ccc(OC(F)F)c(F)c1. The third kappa shape index (κ3) is 5.85. The van der Waals surface area contributed by atoms with E-state index in [1.807, 2.05) is 6.92 Å². The molecular weight excluding hydrogens is 255 g/mol. The first-order chi connectivity index (χ1) is 9.02. The minimum Gasteiger partial charge on any atom is -0.432 e. The normalized spacial score (nSPS) is 12.5. The van der Waals surface area contributed by atoms with Gasteiger partial charge >= 0.3 is 6.61 Å². The van der Waals surface area contributed by atoms with E-state index in [1.54, 1.807) is 0 Å².